The Hall–Kier alpha value is -2.84. The molecule has 0 saturated carbocycles. The van der Waals surface area contributed by atoms with Crippen molar-refractivity contribution in [2.75, 3.05) is 0 Å². The Balaban J connectivity index is 1.48. The van der Waals surface area contributed by atoms with Crippen molar-refractivity contribution in [1.82, 2.24) is 0 Å². The quantitative estimate of drug-likeness (QED) is 0.250. The average molecular weight is 496 g/mol. The van der Waals surface area contributed by atoms with Crippen LogP contribution in [0.5, 0.6) is 0 Å². The van der Waals surface area contributed by atoms with Gasteiger partial charge in [-0.1, -0.05) is 0 Å². The van der Waals surface area contributed by atoms with Crippen LogP contribution in [0.4, 0.5) is 0 Å². The topological polar surface area (TPSA) is 0 Å². The molecule has 3 aliphatic rings. The number of fused-ring (bicyclic) bond motifs is 4. The third-order valence-electron chi connectivity index (χ3n) is 8.00. The molecule has 4 aromatic rings. The number of allylic oxidation sites excluding steroid dienone is 2. The van der Waals surface area contributed by atoms with Gasteiger partial charge in [0.25, 0.3) is 0 Å². The van der Waals surface area contributed by atoms with Gasteiger partial charge in [0.2, 0.25) is 0 Å². The van der Waals surface area contributed by atoms with Crippen LogP contribution in [-0.4, -0.2) is 15.4 Å². The van der Waals surface area contributed by atoms with Gasteiger partial charge in [-0.15, -0.1) is 0 Å². The zero-order valence-electron chi connectivity index (χ0n) is 20.0. The molecule has 0 N–H and O–H groups in total. The summed E-state index contributed by atoms with van der Waals surface area (Å²) in [5, 5.41) is 2.64. The first-order valence-corrected chi connectivity index (χ1v) is 14.6. The molecule has 1 aliphatic heterocycles. The Morgan fingerprint density at radius 1 is 0.853 bits per heavy atom. The van der Waals surface area contributed by atoms with Crippen molar-refractivity contribution in [2.24, 2.45) is 0 Å². The van der Waals surface area contributed by atoms with E-state index in [1.165, 1.54) is 44.2 Å². The molecule has 4 aromatic carbocycles. The minimum atomic E-state index is 0.0156. The van der Waals surface area contributed by atoms with E-state index in [4.69, 9.17) is 0 Å². The predicted octanol–water partition coefficient (Wildman–Crippen LogP) is 8.13. The molecule has 1 heterocycles. The second kappa shape index (κ2) is 7.58. The van der Waals surface area contributed by atoms with Crippen LogP contribution in [0.1, 0.15) is 65.6 Å². The van der Waals surface area contributed by atoms with E-state index in [9.17, 15) is 0 Å². The van der Waals surface area contributed by atoms with Crippen molar-refractivity contribution >= 4 is 36.7 Å². The van der Waals surface area contributed by atoms with E-state index >= 15 is 0 Å². The Morgan fingerprint density at radius 2 is 1.65 bits per heavy atom. The summed E-state index contributed by atoms with van der Waals surface area (Å²) < 4.78 is 3.42. The number of hydrogen-bond donors (Lipinski definition) is 0. The molecule has 7 rings (SSSR count). The standard InChI is InChI=1S/C33H27Ge/c1-4-20-17-22-18-29-33(34-29)31(22)32(23(20)5-2)30-19(3)16-28-26(14-9-15-27(28)30)25-13-8-11-21-10-6-7-12-24(21)25/h6-18,30H,4-5H2,1-3H3. The molecular formula is C33H27Ge. The third-order valence-corrected chi connectivity index (χ3v) is 10.5. The summed E-state index contributed by atoms with van der Waals surface area (Å²) in [6, 6.07) is 25.0. The molecule has 1 heteroatoms. The summed E-state index contributed by atoms with van der Waals surface area (Å²) in [6.07, 6.45) is 7.21. The Labute approximate surface area is 208 Å². The van der Waals surface area contributed by atoms with Crippen LogP contribution in [-0.2, 0) is 12.8 Å². The fourth-order valence-electron chi connectivity index (χ4n) is 6.47. The molecule has 3 radical (unpaired) electrons. The molecular weight excluding hydrogens is 469 g/mol. The number of hydrogen-bond acceptors (Lipinski definition) is 0. The second-order valence-electron chi connectivity index (χ2n) is 9.81. The first-order chi connectivity index (χ1) is 16.7. The normalized spacial score (nSPS) is 17.6. The summed E-state index contributed by atoms with van der Waals surface area (Å²) in [7, 11) is 0. The first-order valence-electron chi connectivity index (χ1n) is 12.5. The van der Waals surface area contributed by atoms with Crippen LogP contribution in [0.2, 0.25) is 0 Å². The zero-order valence-corrected chi connectivity index (χ0v) is 22.1. The Bertz CT molecular complexity index is 1570. The van der Waals surface area contributed by atoms with E-state index in [1.807, 2.05) is 0 Å². The van der Waals surface area contributed by atoms with Crippen molar-refractivity contribution in [3.8, 4) is 11.1 Å². The van der Waals surface area contributed by atoms with Crippen LogP contribution < -0.4 is 0 Å². The van der Waals surface area contributed by atoms with Gasteiger partial charge in [-0.25, -0.2) is 0 Å². The SMILES string of the molecule is CCc1cc2c(c(C3C(C)=Cc4c(-c5cccc6ccccc56)cccc43)c1CC)[C]1=[C]([CH]2)[Ge]1. The number of aryl methyl sites for hydroxylation is 1. The predicted molar refractivity (Wildman–Crippen MR) is 146 cm³/mol. The fourth-order valence-corrected chi connectivity index (χ4v) is 8.64. The van der Waals surface area contributed by atoms with Gasteiger partial charge < -0.3 is 0 Å². The second-order valence-corrected chi connectivity index (χ2v) is 12.5. The zero-order chi connectivity index (χ0) is 23.0. The van der Waals surface area contributed by atoms with Crippen LogP contribution in [0.25, 0.3) is 32.4 Å². The molecule has 163 valence electrons. The molecule has 1 unspecified atom stereocenters. The summed E-state index contributed by atoms with van der Waals surface area (Å²) in [6.45, 7) is 7.03. The van der Waals surface area contributed by atoms with Gasteiger partial charge >= 0.3 is 209 Å². The van der Waals surface area contributed by atoms with Gasteiger partial charge in [-0.3, -0.25) is 0 Å². The van der Waals surface area contributed by atoms with Gasteiger partial charge in [0.15, 0.2) is 0 Å². The average Bonchev–Trinajstić information content (AvgIpc) is 3.41. The maximum absolute atomic E-state index is 2.51. The molecule has 2 aliphatic carbocycles. The van der Waals surface area contributed by atoms with Crippen molar-refractivity contribution < 1.29 is 0 Å². The van der Waals surface area contributed by atoms with Crippen LogP contribution in [0.3, 0.4) is 0 Å². The van der Waals surface area contributed by atoms with Gasteiger partial charge in [0.05, 0.1) is 0 Å². The molecule has 0 saturated heterocycles. The van der Waals surface area contributed by atoms with Crippen molar-refractivity contribution in [3.63, 3.8) is 0 Å². The number of benzene rings is 4. The molecule has 0 amide bonds. The minimum absolute atomic E-state index is 0.0156. The van der Waals surface area contributed by atoms with Gasteiger partial charge in [-0.05, 0) is 0 Å². The maximum atomic E-state index is 2.51. The van der Waals surface area contributed by atoms with E-state index in [-0.39, 0.29) is 15.4 Å². The van der Waals surface area contributed by atoms with Crippen molar-refractivity contribution in [1.29, 1.82) is 0 Å². The van der Waals surface area contributed by atoms with E-state index in [0.29, 0.717) is 5.92 Å². The Kier molecular flexibility index (Phi) is 4.58. The summed E-state index contributed by atoms with van der Waals surface area (Å²) >= 11 is 0.0156. The van der Waals surface area contributed by atoms with Crippen LogP contribution in [0.15, 0.2) is 76.7 Å². The van der Waals surface area contributed by atoms with Gasteiger partial charge in [0.1, 0.15) is 0 Å². The summed E-state index contributed by atoms with van der Waals surface area (Å²) in [5.41, 5.74) is 15.0. The molecule has 1 atom stereocenters. The molecule has 0 nitrogen and oxygen atoms in total. The molecule has 0 spiro atoms. The molecule has 34 heavy (non-hydrogen) atoms. The number of rotatable bonds is 4. The van der Waals surface area contributed by atoms with E-state index in [1.54, 1.807) is 31.1 Å². The van der Waals surface area contributed by atoms with Crippen molar-refractivity contribution in [2.45, 2.75) is 39.5 Å². The molecule has 0 bridgehead atoms. The summed E-state index contributed by atoms with van der Waals surface area (Å²) in [4.78, 5) is 0. The van der Waals surface area contributed by atoms with Gasteiger partial charge in [0, 0.05) is 0 Å². The van der Waals surface area contributed by atoms with Crippen LogP contribution >= 0.6 is 0 Å². The first kappa shape index (κ1) is 20.5. The van der Waals surface area contributed by atoms with E-state index in [0.717, 1.165) is 12.8 Å². The molecule has 0 aromatic heterocycles. The van der Waals surface area contributed by atoms with Gasteiger partial charge in [-0.2, -0.15) is 0 Å². The van der Waals surface area contributed by atoms with Crippen LogP contribution in [0, 0.1) is 6.42 Å². The summed E-state index contributed by atoms with van der Waals surface area (Å²) in [5.74, 6) is 0.368. The molecule has 0 fully saturated rings. The third kappa shape index (κ3) is 2.85. The van der Waals surface area contributed by atoms with Crippen molar-refractivity contribution in [3.05, 3.63) is 122 Å². The fraction of sp³-hybridized carbons (Fsp3) is 0.182. The Morgan fingerprint density at radius 3 is 2.50 bits per heavy atom. The van der Waals surface area contributed by atoms with E-state index in [2.05, 4.69) is 100.0 Å². The van der Waals surface area contributed by atoms with E-state index < -0.39 is 0 Å². The monoisotopic (exact) mass is 497 g/mol.